The van der Waals surface area contributed by atoms with Crippen molar-refractivity contribution in [2.24, 2.45) is 0 Å². The molecule has 0 aromatic heterocycles. The minimum atomic E-state index is -0.400. The van der Waals surface area contributed by atoms with Gasteiger partial charge in [-0.25, -0.2) is 4.79 Å². The number of nitrogens with zero attached hydrogens (tertiary/aromatic N) is 1. The number of nitrogens with one attached hydrogen (secondary N) is 2. The maximum atomic E-state index is 12.4. The van der Waals surface area contributed by atoms with E-state index >= 15 is 0 Å². The van der Waals surface area contributed by atoms with Crippen molar-refractivity contribution in [1.82, 2.24) is 10.2 Å². The summed E-state index contributed by atoms with van der Waals surface area (Å²) in [6.07, 6.45) is 0.436. The summed E-state index contributed by atoms with van der Waals surface area (Å²) < 4.78 is 11.1. The molecule has 2 aromatic carbocycles. The van der Waals surface area contributed by atoms with Gasteiger partial charge in [-0.1, -0.05) is 15.9 Å². The molecule has 2 N–H and O–H groups in total. The Morgan fingerprint density at radius 3 is 2.45 bits per heavy atom. The highest BCUT2D eigenvalue weighted by Crippen LogP contribution is 2.29. The number of halogens is 1. The molecule has 152 valence electrons. The Bertz CT molecular complexity index is 963. The number of imide groups is 1. The molecule has 9 heteroatoms. The number of ether oxygens (including phenoxy) is 2. The minimum absolute atomic E-state index is 0.223. The van der Waals surface area contributed by atoms with E-state index in [0.29, 0.717) is 41.3 Å². The number of benzene rings is 2. The van der Waals surface area contributed by atoms with Gasteiger partial charge in [0.1, 0.15) is 0 Å². The van der Waals surface area contributed by atoms with Gasteiger partial charge in [-0.05, 0) is 36.8 Å². The van der Waals surface area contributed by atoms with E-state index in [4.69, 9.17) is 9.47 Å². The Morgan fingerprint density at radius 1 is 1.00 bits per heavy atom. The van der Waals surface area contributed by atoms with Crippen LogP contribution in [0.15, 0.2) is 40.9 Å². The van der Waals surface area contributed by atoms with Gasteiger partial charge in [0, 0.05) is 29.3 Å². The zero-order valence-corrected chi connectivity index (χ0v) is 17.5. The average molecular weight is 462 g/mol. The standard InChI is InChI=1S/C20H20BrN3O5/c1-28-16-7-5-13(11-17(16)29-2)23-20(27)22-8-3-9-24-18(25)14-6-4-12(21)10-15(14)19(24)26/h4-7,10-11H,3,8-9H2,1-2H3,(H2,22,23,27). The molecule has 0 spiro atoms. The van der Waals surface area contributed by atoms with Gasteiger partial charge >= 0.3 is 6.03 Å². The summed E-state index contributed by atoms with van der Waals surface area (Å²) in [5.74, 6) is 0.433. The van der Waals surface area contributed by atoms with Crippen LogP contribution < -0.4 is 20.1 Å². The van der Waals surface area contributed by atoms with Crippen molar-refractivity contribution in [2.75, 3.05) is 32.6 Å². The quantitative estimate of drug-likeness (QED) is 0.487. The number of urea groups is 1. The lowest BCUT2D eigenvalue weighted by Crippen LogP contribution is -2.35. The Labute approximate surface area is 176 Å². The summed E-state index contributed by atoms with van der Waals surface area (Å²) in [5.41, 5.74) is 1.34. The zero-order valence-electron chi connectivity index (χ0n) is 16.0. The Morgan fingerprint density at radius 2 is 1.72 bits per heavy atom. The van der Waals surface area contributed by atoms with Gasteiger partial charge in [-0.15, -0.1) is 0 Å². The summed E-state index contributed by atoms with van der Waals surface area (Å²) in [6.45, 7) is 0.525. The van der Waals surface area contributed by atoms with E-state index in [1.54, 1.807) is 36.4 Å². The number of rotatable bonds is 7. The third kappa shape index (κ3) is 4.51. The fourth-order valence-electron chi connectivity index (χ4n) is 2.99. The van der Waals surface area contributed by atoms with Crippen LogP contribution in [-0.2, 0) is 0 Å². The van der Waals surface area contributed by atoms with Gasteiger partial charge in [0.15, 0.2) is 11.5 Å². The smallest absolute Gasteiger partial charge is 0.319 e. The van der Waals surface area contributed by atoms with Crippen molar-refractivity contribution < 1.29 is 23.9 Å². The van der Waals surface area contributed by atoms with Gasteiger partial charge in [-0.3, -0.25) is 14.5 Å². The number of amides is 4. The number of anilines is 1. The molecule has 8 nitrogen and oxygen atoms in total. The van der Waals surface area contributed by atoms with Crippen LogP contribution in [0.1, 0.15) is 27.1 Å². The summed E-state index contributed by atoms with van der Waals surface area (Å²) in [7, 11) is 3.05. The predicted molar refractivity (Wildman–Crippen MR) is 111 cm³/mol. The third-order valence-corrected chi connectivity index (χ3v) is 4.91. The molecule has 0 aliphatic carbocycles. The van der Waals surface area contributed by atoms with E-state index in [9.17, 15) is 14.4 Å². The largest absolute Gasteiger partial charge is 0.493 e. The Balaban J connectivity index is 1.48. The van der Waals surface area contributed by atoms with Crippen molar-refractivity contribution >= 4 is 39.5 Å². The molecule has 2 aromatic rings. The molecule has 0 saturated carbocycles. The number of carbonyl (C=O) groups is 3. The fourth-order valence-corrected chi connectivity index (χ4v) is 3.36. The molecule has 1 aliphatic heterocycles. The first-order chi connectivity index (χ1) is 13.9. The van der Waals surface area contributed by atoms with Crippen molar-refractivity contribution in [2.45, 2.75) is 6.42 Å². The van der Waals surface area contributed by atoms with E-state index in [0.717, 1.165) is 4.47 Å². The van der Waals surface area contributed by atoms with Crippen LogP contribution in [0.4, 0.5) is 10.5 Å². The van der Waals surface area contributed by atoms with Crippen LogP contribution >= 0.6 is 15.9 Å². The van der Waals surface area contributed by atoms with Crippen LogP contribution in [-0.4, -0.2) is 50.1 Å². The number of hydrogen-bond donors (Lipinski definition) is 2. The van der Waals surface area contributed by atoms with E-state index in [-0.39, 0.29) is 18.4 Å². The number of methoxy groups -OCH3 is 2. The summed E-state index contributed by atoms with van der Waals surface area (Å²) in [4.78, 5) is 38.0. The molecule has 29 heavy (non-hydrogen) atoms. The molecule has 0 unspecified atom stereocenters. The molecule has 0 atom stereocenters. The minimum Gasteiger partial charge on any atom is -0.493 e. The lowest BCUT2D eigenvalue weighted by Gasteiger charge is -2.14. The van der Waals surface area contributed by atoms with E-state index in [2.05, 4.69) is 26.6 Å². The molecule has 0 bridgehead atoms. The Kier molecular flexibility index (Phi) is 6.38. The fraction of sp³-hybridized carbons (Fsp3) is 0.250. The lowest BCUT2D eigenvalue weighted by molar-refractivity contribution is 0.0653. The molecule has 0 saturated heterocycles. The van der Waals surface area contributed by atoms with Gasteiger partial charge in [0.25, 0.3) is 11.8 Å². The second-order valence-electron chi connectivity index (χ2n) is 6.26. The van der Waals surface area contributed by atoms with Crippen molar-refractivity contribution in [3.05, 3.63) is 52.0 Å². The summed E-state index contributed by atoms with van der Waals surface area (Å²) in [5, 5.41) is 5.40. The molecule has 1 heterocycles. The maximum absolute atomic E-state index is 12.4. The predicted octanol–water partition coefficient (Wildman–Crippen LogP) is 3.27. The molecule has 1 aliphatic rings. The van der Waals surface area contributed by atoms with Gasteiger partial charge in [-0.2, -0.15) is 0 Å². The monoisotopic (exact) mass is 461 g/mol. The van der Waals surface area contributed by atoms with Crippen LogP contribution in [0, 0.1) is 0 Å². The lowest BCUT2D eigenvalue weighted by atomic mass is 10.1. The third-order valence-electron chi connectivity index (χ3n) is 4.42. The highest BCUT2D eigenvalue weighted by atomic mass is 79.9. The first kappa shape index (κ1) is 20.7. The maximum Gasteiger partial charge on any atom is 0.319 e. The molecular weight excluding hydrogens is 442 g/mol. The first-order valence-electron chi connectivity index (χ1n) is 8.87. The topological polar surface area (TPSA) is 97.0 Å². The summed E-state index contributed by atoms with van der Waals surface area (Å²) in [6, 6.07) is 9.64. The molecular formula is C20H20BrN3O5. The normalized spacial score (nSPS) is 12.6. The van der Waals surface area contributed by atoms with Gasteiger partial charge in [0.2, 0.25) is 0 Å². The highest BCUT2D eigenvalue weighted by Gasteiger charge is 2.34. The van der Waals surface area contributed by atoms with Crippen LogP contribution in [0.3, 0.4) is 0 Å². The molecule has 3 rings (SSSR count). The van der Waals surface area contributed by atoms with E-state index in [1.165, 1.54) is 19.1 Å². The van der Waals surface area contributed by atoms with E-state index in [1.807, 2.05) is 0 Å². The number of carbonyl (C=O) groups excluding carboxylic acids is 3. The SMILES string of the molecule is COc1ccc(NC(=O)NCCCN2C(=O)c3ccc(Br)cc3C2=O)cc1OC. The second-order valence-corrected chi connectivity index (χ2v) is 7.17. The Hall–Kier alpha value is -3.07. The number of hydrogen-bond acceptors (Lipinski definition) is 5. The van der Waals surface area contributed by atoms with Crippen LogP contribution in [0.5, 0.6) is 11.5 Å². The van der Waals surface area contributed by atoms with Gasteiger partial charge < -0.3 is 20.1 Å². The first-order valence-corrected chi connectivity index (χ1v) is 9.66. The second kappa shape index (κ2) is 8.95. The summed E-state index contributed by atoms with van der Waals surface area (Å²) >= 11 is 3.30. The molecule has 0 radical (unpaired) electrons. The van der Waals surface area contributed by atoms with Crippen molar-refractivity contribution in [1.29, 1.82) is 0 Å². The van der Waals surface area contributed by atoms with Crippen LogP contribution in [0.2, 0.25) is 0 Å². The highest BCUT2D eigenvalue weighted by molar-refractivity contribution is 9.10. The van der Waals surface area contributed by atoms with Crippen LogP contribution in [0.25, 0.3) is 0 Å². The number of fused-ring (bicyclic) bond motifs is 1. The molecule has 0 fully saturated rings. The zero-order chi connectivity index (χ0) is 21.0. The molecule has 4 amide bonds. The van der Waals surface area contributed by atoms with Crippen molar-refractivity contribution in [3.8, 4) is 11.5 Å². The average Bonchev–Trinajstić information content (AvgIpc) is 2.95. The van der Waals surface area contributed by atoms with Gasteiger partial charge in [0.05, 0.1) is 25.3 Å². The van der Waals surface area contributed by atoms with Crippen molar-refractivity contribution in [3.63, 3.8) is 0 Å². The van der Waals surface area contributed by atoms with E-state index < -0.39 is 6.03 Å².